The summed E-state index contributed by atoms with van der Waals surface area (Å²) >= 11 is 14.0. The van der Waals surface area contributed by atoms with Crippen LogP contribution in [0.15, 0.2) is 111 Å². The third kappa shape index (κ3) is 7.98. The van der Waals surface area contributed by atoms with E-state index in [1.807, 2.05) is 97.1 Å². The Labute approximate surface area is 266 Å². The number of methoxy groups -OCH3 is 4. The van der Waals surface area contributed by atoms with E-state index in [0.717, 1.165) is 22.7 Å². The summed E-state index contributed by atoms with van der Waals surface area (Å²) in [6.07, 6.45) is 0. The molecule has 4 aromatic rings. The summed E-state index contributed by atoms with van der Waals surface area (Å²) in [6, 6.07) is 29.8. The minimum Gasteiger partial charge on any atom is -0.497 e. The first-order chi connectivity index (χ1) is 21.2. The minimum absolute atomic E-state index is 0.708. The predicted molar refractivity (Wildman–Crippen MR) is 186 cm³/mol. The molecule has 16 heteroatoms. The first-order valence-corrected chi connectivity index (χ1v) is 20.1. The van der Waals surface area contributed by atoms with Gasteiger partial charge < -0.3 is 39.3 Å². The Morgan fingerprint density at radius 3 is 0.909 bits per heavy atom. The van der Waals surface area contributed by atoms with Crippen molar-refractivity contribution in [1.82, 2.24) is 0 Å². The maximum Gasteiger partial charge on any atom is 0.267 e. The van der Waals surface area contributed by atoms with Crippen molar-refractivity contribution in [3.05, 3.63) is 97.1 Å². The van der Waals surface area contributed by atoms with Gasteiger partial charge in [0.05, 0.1) is 28.4 Å². The Morgan fingerprint density at radius 1 is 0.409 bits per heavy atom. The molecule has 1 heterocycles. The first-order valence-electron chi connectivity index (χ1n) is 13.2. The van der Waals surface area contributed by atoms with Gasteiger partial charge >= 0.3 is 0 Å². The van der Waals surface area contributed by atoms with Crippen molar-refractivity contribution in [2.75, 3.05) is 48.8 Å². The summed E-state index contributed by atoms with van der Waals surface area (Å²) in [4.78, 5) is 0. The van der Waals surface area contributed by atoms with E-state index in [1.165, 1.54) is 0 Å². The lowest BCUT2D eigenvalue weighted by atomic mass is 10.3. The Hall–Kier alpha value is -3.45. The van der Waals surface area contributed by atoms with E-state index in [-0.39, 0.29) is 0 Å². The molecule has 232 valence electrons. The summed E-state index contributed by atoms with van der Waals surface area (Å²) < 4.78 is 36.6. The highest BCUT2D eigenvalue weighted by Gasteiger charge is 2.37. The molecule has 0 aliphatic carbocycles. The Morgan fingerprint density at radius 2 is 0.659 bits per heavy atom. The quantitative estimate of drug-likeness (QED) is 0.108. The number of ether oxygens (including phenoxy) is 4. The molecule has 0 aromatic heterocycles. The molecule has 0 fully saturated rings. The van der Waals surface area contributed by atoms with Crippen LogP contribution in [0.4, 0.5) is 22.7 Å². The van der Waals surface area contributed by atoms with Crippen molar-refractivity contribution in [3.8, 4) is 23.0 Å². The fourth-order valence-corrected chi connectivity index (χ4v) is 16.7. The standard InChI is InChI=1S/C28H32Cl2N7O4P3/c1-38-25-13-5-21(6-14-25)31-43(32-22-7-15-26(39-2)16-8-22)35-42(29,30)36-44(37-43,33-23-9-17-27(40-3)18-10-23)34-24-11-19-28(41-4)20-12-24/h5-20,31-34H,1-4H3. The number of rotatable bonds is 12. The van der Waals surface area contributed by atoms with E-state index >= 15 is 0 Å². The van der Waals surface area contributed by atoms with Gasteiger partial charge in [-0.15, -0.1) is 0 Å². The molecule has 5 rings (SSSR count). The van der Waals surface area contributed by atoms with E-state index in [1.54, 1.807) is 28.4 Å². The summed E-state index contributed by atoms with van der Waals surface area (Å²) in [5.74, 6) is -0.507. The summed E-state index contributed by atoms with van der Waals surface area (Å²) in [7, 11) is 0.0721. The third-order valence-corrected chi connectivity index (χ3v) is 16.8. The van der Waals surface area contributed by atoms with E-state index in [9.17, 15) is 0 Å². The zero-order valence-electron chi connectivity index (χ0n) is 24.3. The maximum absolute atomic E-state index is 6.99. The van der Waals surface area contributed by atoms with Crippen LogP contribution in [0.3, 0.4) is 0 Å². The van der Waals surface area contributed by atoms with Crippen LogP contribution >= 0.6 is 43.4 Å². The molecule has 0 radical (unpaired) electrons. The molecule has 0 bridgehead atoms. The van der Waals surface area contributed by atoms with Crippen LogP contribution in [-0.2, 0) is 0 Å². The fourth-order valence-electron chi connectivity index (χ4n) is 4.17. The third-order valence-electron chi connectivity index (χ3n) is 6.23. The van der Waals surface area contributed by atoms with Gasteiger partial charge in [0.1, 0.15) is 23.0 Å². The first kappa shape index (κ1) is 32.0. The summed E-state index contributed by atoms with van der Waals surface area (Å²) in [5, 5.41) is 14.1. The smallest absolute Gasteiger partial charge is 0.267 e. The molecular formula is C28H32Cl2N7O4P3. The van der Waals surface area contributed by atoms with Gasteiger partial charge in [-0.3, -0.25) is 0 Å². The molecule has 4 aromatic carbocycles. The van der Waals surface area contributed by atoms with Gasteiger partial charge in [-0.05, 0) is 120 Å². The van der Waals surface area contributed by atoms with Gasteiger partial charge in [0.15, 0.2) is 0 Å². The van der Waals surface area contributed by atoms with Crippen molar-refractivity contribution in [3.63, 3.8) is 0 Å². The van der Waals surface area contributed by atoms with Crippen LogP contribution in [0.1, 0.15) is 0 Å². The van der Waals surface area contributed by atoms with Gasteiger partial charge in [0.25, 0.3) is 20.9 Å². The molecule has 1 aliphatic rings. The van der Waals surface area contributed by atoms with Crippen molar-refractivity contribution >= 4 is 66.2 Å². The van der Waals surface area contributed by atoms with Gasteiger partial charge in [-0.1, -0.05) is 0 Å². The van der Waals surface area contributed by atoms with Crippen LogP contribution in [-0.4, -0.2) is 28.4 Å². The molecule has 0 atom stereocenters. The van der Waals surface area contributed by atoms with E-state index in [4.69, 9.17) is 55.0 Å². The SMILES string of the molecule is COc1ccc(NP2(Nc3ccc(OC)cc3)=NP(Cl)(Cl)=NP(Nc3ccc(OC)cc3)(Nc3ccc(OC)cc3)=N2)cc1. The van der Waals surface area contributed by atoms with E-state index < -0.39 is 20.9 Å². The zero-order valence-corrected chi connectivity index (χ0v) is 28.5. The van der Waals surface area contributed by atoms with Crippen LogP contribution in [0.25, 0.3) is 0 Å². The number of hydrogen-bond donors (Lipinski definition) is 4. The molecule has 4 N–H and O–H groups in total. The lowest BCUT2D eigenvalue weighted by Crippen LogP contribution is -2.11. The summed E-state index contributed by atoms with van der Waals surface area (Å²) in [6.45, 7) is 0. The van der Waals surface area contributed by atoms with Gasteiger partial charge in [0.2, 0.25) is 0 Å². The monoisotopic (exact) mass is 693 g/mol. The molecule has 0 unspecified atom stereocenters. The lowest BCUT2D eigenvalue weighted by Gasteiger charge is -2.34. The van der Waals surface area contributed by atoms with Crippen molar-refractivity contribution in [2.45, 2.75) is 0 Å². The Balaban J connectivity index is 1.70. The zero-order chi connectivity index (χ0) is 31.2. The molecule has 44 heavy (non-hydrogen) atoms. The molecule has 0 saturated heterocycles. The largest absolute Gasteiger partial charge is 0.497 e. The van der Waals surface area contributed by atoms with Gasteiger partial charge in [0, 0.05) is 22.7 Å². The molecule has 0 spiro atoms. The normalized spacial score (nSPS) is 15.7. The van der Waals surface area contributed by atoms with Crippen LogP contribution in [0, 0.1) is 0 Å². The number of halogens is 2. The molecular weight excluding hydrogens is 662 g/mol. The van der Waals surface area contributed by atoms with Crippen LogP contribution in [0.5, 0.6) is 23.0 Å². The minimum atomic E-state index is -3.34. The highest BCUT2D eigenvalue weighted by atomic mass is 35.9. The van der Waals surface area contributed by atoms with Gasteiger partial charge in [-0.2, -0.15) is 13.5 Å². The molecule has 11 nitrogen and oxygen atoms in total. The lowest BCUT2D eigenvalue weighted by molar-refractivity contribution is 0.415. The van der Waals surface area contributed by atoms with E-state index in [2.05, 4.69) is 20.3 Å². The number of anilines is 4. The van der Waals surface area contributed by atoms with Crippen molar-refractivity contribution in [1.29, 1.82) is 0 Å². The second-order valence-electron chi connectivity index (χ2n) is 9.29. The number of benzene rings is 4. The number of nitrogens with zero attached hydrogens (tertiary/aromatic N) is 3. The molecule has 0 amide bonds. The van der Waals surface area contributed by atoms with Crippen molar-refractivity contribution in [2.24, 2.45) is 13.5 Å². The summed E-state index contributed by atoms with van der Waals surface area (Å²) in [5.41, 5.74) is 2.93. The Bertz CT molecular complexity index is 1540. The number of nitrogens with one attached hydrogen (secondary N) is 4. The number of hydrogen-bond acceptors (Lipinski definition) is 11. The fraction of sp³-hybridized carbons (Fsp3) is 0.143. The molecule has 1 aliphatic heterocycles. The topological polar surface area (TPSA) is 122 Å². The highest BCUT2D eigenvalue weighted by Crippen LogP contribution is 2.81. The molecule has 0 saturated carbocycles. The predicted octanol–water partition coefficient (Wildman–Crippen LogP) is 10.8. The van der Waals surface area contributed by atoms with Crippen molar-refractivity contribution < 1.29 is 18.9 Å². The second kappa shape index (κ2) is 13.7. The Kier molecular flexibility index (Phi) is 9.94. The average molecular weight is 694 g/mol. The average Bonchev–Trinajstić information content (AvgIpc) is 3.01. The van der Waals surface area contributed by atoms with Crippen LogP contribution < -0.4 is 39.3 Å². The highest BCUT2D eigenvalue weighted by molar-refractivity contribution is 8.14. The second-order valence-corrected chi connectivity index (χ2v) is 19.0. The maximum atomic E-state index is 6.99. The van der Waals surface area contributed by atoms with Gasteiger partial charge in [-0.25, -0.2) is 0 Å². The van der Waals surface area contributed by atoms with E-state index in [0.29, 0.717) is 23.0 Å². The van der Waals surface area contributed by atoms with Crippen LogP contribution in [0.2, 0.25) is 0 Å².